The summed E-state index contributed by atoms with van der Waals surface area (Å²) in [7, 11) is 0. The molecule has 5 heteroatoms. The van der Waals surface area contributed by atoms with Crippen molar-refractivity contribution in [2.45, 2.75) is 64.3 Å². The summed E-state index contributed by atoms with van der Waals surface area (Å²) in [5, 5.41) is 12.4. The van der Waals surface area contributed by atoms with Gasteiger partial charge in [0.25, 0.3) is 0 Å². The molecule has 2 N–H and O–H groups in total. The smallest absolute Gasteiger partial charge is 0.329 e. The van der Waals surface area contributed by atoms with E-state index in [2.05, 4.69) is 12.2 Å². The van der Waals surface area contributed by atoms with E-state index in [1.165, 1.54) is 0 Å². The number of nitrogens with one attached hydrogen (secondary N) is 1. The Morgan fingerprint density at radius 1 is 1.26 bits per heavy atom. The number of ketones is 1. The lowest BCUT2D eigenvalue weighted by molar-refractivity contribution is -0.145. The Balaban J connectivity index is 1.75. The van der Waals surface area contributed by atoms with Gasteiger partial charge in [-0.15, -0.1) is 0 Å². The number of aliphatic carboxylic acids is 1. The van der Waals surface area contributed by atoms with Crippen molar-refractivity contribution in [1.82, 2.24) is 5.32 Å². The summed E-state index contributed by atoms with van der Waals surface area (Å²) in [6.07, 6.45) is 5.34. The van der Waals surface area contributed by atoms with E-state index in [-0.39, 0.29) is 29.6 Å². The highest BCUT2D eigenvalue weighted by molar-refractivity contribution is 5.92. The van der Waals surface area contributed by atoms with Gasteiger partial charge in [0.05, 0.1) is 0 Å². The number of rotatable bonds is 5. The first-order valence-corrected chi connectivity index (χ1v) is 9.01. The zero-order chi connectivity index (χ0) is 16.8. The summed E-state index contributed by atoms with van der Waals surface area (Å²) in [6.45, 7) is 4.06. The molecule has 1 amide bonds. The maximum atomic E-state index is 12.8. The summed E-state index contributed by atoms with van der Waals surface area (Å²) >= 11 is 0. The van der Waals surface area contributed by atoms with Crippen molar-refractivity contribution in [2.75, 3.05) is 0 Å². The Morgan fingerprint density at radius 3 is 2.57 bits per heavy atom. The van der Waals surface area contributed by atoms with E-state index < -0.39 is 11.5 Å². The number of carbonyl (C=O) groups is 3. The van der Waals surface area contributed by atoms with E-state index in [0.29, 0.717) is 24.5 Å². The standard InChI is InChI=1S/C18H27NO4/c1-3-10-7-13-12(5-6-15(13)20)14(8-10)16(21)19-18(17(22)23)9-11(18)4-2/h10-14H,3-9H2,1-2H3,(H,19,21)(H,22,23)/t10-,11+,12+,13+,14+,18+/m1/s1. The minimum Gasteiger partial charge on any atom is -0.479 e. The van der Waals surface area contributed by atoms with E-state index in [1.54, 1.807) is 0 Å². The second-order valence-electron chi connectivity index (χ2n) is 7.70. The molecule has 0 radical (unpaired) electrons. The van der Waals surface area contributed by atoms with Gasteiger partial charge in [0.2, 0.25) is 5.91 Å². The van der Waals surface area contributed by atoms with Gasteiger partial charge in [0.1, 0.15) is 11.3 Å². The molecule has 0 saturated heterocycles. The first-order chi connectivity index (χ1) is 10.9. The van der Waals surface area contributed by atoms with E-state index in [4.69, 9.17) is 0 Å². The quantitative estimate of drug-likeness (QED) is 0.814. The van der Waals surface area contributed by atoms with Gasteiger partial charge in [-0.2, -0.15) is 0 Å². The normalized spacial score (nSPS) is 42.2. The summed E-state index contributed by atoms with van der Waals surface area (Å²) in [6, 6.07) is 0. The van der Waals surface area contributed by atoms with Gasteiger partial charge < -0.3 is 10.4 Å². The van der Waals surface area contributed by atoms with Gasteiger partial charge in [-0.05, 0) is 43.4 Å². The van der Waals surface area contributed by atoms with Gasteiger partial charge in [0, 0.05) is 18.3 Å². The molecule has 3 aliphatic carbocycles. The molecule has 0 bridgehead atoms. The number of carboxylic acids is 1. The molecular weight excluding hydrogens is 294 g/mol. The predicted octanol–water partition coefficient (Wildman–Crippen LogP) is 2.39. The third-order valence-corrected chi connectivity index (χ3v) is 6.59. The second-order valence-corrected chi connectivity index (χ2v) is 7.70. The van der Waals surface area contributed by atoms with E-state index >= 15 is 0 Å². The molecule has 3 saturated carbocycles. The van der Waals surface area contributed by atoms with Crippen LogP contribution in [0, 0.1) is 29.6 Å². The summed E-state index contributed by atoms with van der Waals surface area (Å²) in [5.41, 5.74) is -1.05. The van der Waals surface area contributed by atoms with Crippen LogP contribution >= 0.6 is 0 Å². The molecule has 0 aromatic rings. The SMILES string of the molecule is CC[C@@H]1C[C@@H]2C(=O)CC[C@@H]2[C@@H](C(=O)N[C@@]2(C(=O)O)C[C@@H]2CC)C1. The molecule has 0 aromatic heterocycles. The molecule has 128 valence electrons. The Morgan fingerprint density at radius 2 is 2.00 bits per heavy atom. The molecule has 3 rings (SSSR count). The van der Waals surface area contributed by atoms with Crippen LogP contribution in [0.2, 0.25) is 0 Å². The van der Waals surface area contributed by atoms with E-state index in [0.717, 1.165) is 32.1 Å². The molecule has 0 aliphatic heterocycles. The van der Waals surface area contributed by atoms with Crippen LogP contribution in [0.4, 0.5) is 0 Å². The molecule has 3 aliphatic rings. The largest absolute Gasteiger partial charge is 0.479 e. The molecule has 6 atom stereocenters. The fraction of sp³-hybridized carbons (Fsp3) is 0.833. The third-order valence-electron chi connectivity index (χ3n) is 6.59. The maximum absolute atomic E-state index is 12.8. The van der Waals surface area contributed by atoms with Crippen molar-refractivity contribution >= 4 is 17.7 Å². The number of Topliss-reactive ketones (excluding diaryl/α,β-unsaturated/α-hetero) is 1. The molecule has 23 heavy (non-hydrogen) atoms. The van der Waals surface area contributed by atoms with Crippen LogP contribution in [0.1, 0.15) is 58.8 Å². The average Bonchev–Trinajstić information content (AvgIpc) is 3.14. The Kier molecular flexibility index (Phi) is 4.23. The molecule has 0 spiro atoms. The van der Waals surface area contributed by atoms with Crippen LogP contribution in [0.3, 0.4) is 0 Å². The zero-order valence-corrected chi connectivity index (χ0v) is 14.0. The van der Waals surface area contributed by atoms with Crippen LogP contribution < -0.4 is 5.32 Å². The molecule has 3 fully saturated rings. The number of hydrogen-bond donors (Lipinski definition) is 2. The zero-order valence-electron chi connectivity index (χ0n) is 14.0. The Hall–Kier alpha value is -1.39. The second kappa shape index (κ2) is 5.91. The molecule has 0 heterocycles. The van der Waals surface area contributed by atoms with Crippen molar-refractivity contribution < 1.29 is 19.5 Å². The minimum atomic E-state index is -1.05. The van der Waals surface area contributed by atoms with Crippen LogP contribution in [0.25, 0.3) is 0 Å². The van der Waals surface area contributed by atoms with Gasteiger partial charge in [-0.3, -0.25) is 9.59 Å². The molecule has 0 aromatic carbocycles. The van der Waals surface area contributed by atoms with E-state index in [1.807, 2.05) is 6.92 Å². The number of amides is 1. The van der Waals surface area contributed by atoms with Crippen molar-refractivity contribution in [3.8, 4) is 0 Å². The van der Waals surface area contributed by atoms with Gasteiger partial charge >= 0.3 is 5.97 Å². The Bertz CT molecular complexity index is 531. The van der Waals surface area contributed by atoms with Crippen molar-refractivity contribution in [2.24, 2.45) is 29.6 Å². The summed E-state index contributed by atoms with van der Waals surface area (Å²) in [4.78, 5) is 36.6. The topological polar surface area (TPSA) is 83.5 Å². The fourth-order valence-electron chi connectivity index (χ4n) is 4.95. The molecule has 0 unspecified atom stereocenters. The minimum absolute atomic E-state index is 0.0198. The van der Waals surface area contributed by atoms with Crippen LogP contribution in [0.5, 0.6) is 0 Å². The lowest BCUT2D eigenvalue weighted by Gasteiger charge is -2.37. The van der Waals surface area contributed by atoms with Gasteiger partial charge in [-0.25, -0.2) is 4.79 Å². The first-order valence-electron chi connectivity index (χ1n) is 9.01. The Labute approximate surface area is 137 Å². The lowest BCUT2D eigenvalue weighted by Crippen LogP contribution is -2.50. The highest BCUT2D eigenvalue weighted by Crippen LogP contribution is 2.49. The maximum Gasteiger partial charge on any atom is 0.329 e. The van der Waals surface area contributed by atoms with Crippen molar-refractivity contribution in [3.05, 3.63) is 0 Å². The van der Waals surface area contributed by atoms with Crippen molar-refractivity contribution in [3.63, 3.8) is 0 Å². The van der Waals surface area contributed by atoms with E-state index in [9.17, 15) is 19.5 Å². The van der Waals surface area contributed by atoms with Crippen molar-refractivity contribution in [1.29, 1.82) is 0 Å². The third kappa shape index (κ3) is 2.68. The number of carboxylic acid groups (broad SMARTS) is 1. The summed E-state index contributed by atoms with van der Waals surface area (Å²) in [5.74, 6) is -0.366. The number of fused-ring (bicyclic) bond motifs is 1. The highest BCUT2D eigenvalue weighted by Gasteiger charge is 2.61. The van der Waals surface area contributed by atoms with Crippen LogP contribution in [-0.4, -0.2) is 28.3 Å². The fourth-order valence-corrected chi connectivity index (χ4v) is 4.95. The molecular formula is C18H27NO4. The monoisotopic (exact) mass is 321 g/mol. The predicted molar refractivity (Wildman–Crippen MR) is 84.6 cm³/mol. The molecule has 5 nitrogen and oxygen atoms in total. The number of hydrogen-bond acceptors (Lipinski definition) is 3. The average molecular weight is 321 g/mol. The van der Waals surface area contributed by atoms with Crippen LogP contribution in [0.15, 0.2) is 0 Å². The highest BCUT2D eigenvalue weighted by atomic mass is 16.4. The number of carbonyl (C=O) groups excluding carboxylic acids is 2. The first kappa shape index (κ1) is 16.5. The van der Waals surface area contributed by atoms with Crippen LogP contribution in [-0.2, 0) is 14.4 Å². The van der Waals surface area contributed by atoms with Gasteiger partial charge in [-0.1, -0.05) is 26.7 Å². The summed E-state index contributed by atoms with van der Waals surface area (Å²) < 4.78 is 0. The van der Waals surface area contributed by atoms with Gasteiger partial charge in [0.15, 0.2) is 0 Å². The lowest BCUT2D eigenvalue weighted by atomic mass is 9.68.